The molecule has 2 aliphatic rings. The zero-order chi connectivity index (χ0) is 31.7. The van der Waals surface area contributed by atoms with Crippen LogP contribution >= 0.6 is 0 Å². The van der Waals surface area contributed by atoms with Crippen LogP contribution in [0.15, 0.2) is 18.2 Å². The molecule has 1 aromatic carbocycles. The lowest BCUT2D eigenvalue weighted by Gasteiger charge is -2.31. The van der Waals surface area contributed by atoms with Gasteiger partial charge in [0, 0.05) is 44.2 Å². The van der Waals surface area contributed by atoms with Gasteiger partial charge in [-0.2, -0.15) is 0 Å². The molecule has 0 bridgehead atoms. The monoisotopic (exact) mass is 602 g/mol. The zero-order valence-electron chi connectivity index (χ0n) is 25.2. The Morgan fingerprint density at radius 3 is 2.19 bits per heavy atom. The van der Waals surface area contributed by atoms with Gasteiger partial charge in [-0.3, -0.25) is 14.5 Å². The Morgan fingerprint density at radius 2 is 1.65 bits per heavy atom. The van der Waals surface area contributed by atoms with Gasteiger partial charge in [0.2, 0.25) is 0 Å². The van der Waals surface area contributed by atoms with E-state index in [1.54, 1.807) is 7.11 Å². The van der Waals surface area contributed by atoms with Gasteiger partial charge < -0.3 is 34.8 Å². The van der Waals surface area contributed by atoms with Gasteiger partial charge in [-0.15, -0.1) is 0 Å². The van der Waals surface area contributed by atoms with E-state index in [1.807, 2.05) is 13.0 Å². The van der Waals surface area contributed by atoms with E-state index in [4.69, 9.17) is 39.9 Å². The highest BCUT2D eigenvalue weighted by molar-refractivity contribution is 5.88. The van der Waals surface area contributed by atoms with Gasteiger partial charge in [-0.1, -0.05) is 19.9 Å². The first kappa shape index (κ1) is 33.5. The van der Waals surface area contributed by atoms with Crippen LogP contribution in [0.3, 0.4) is 0 Å². The van der Waals surface area contributed by atoms with Crippen LogP contribution in [-0.2, 0) is 33.9 Å². The zero-order valence-corrected chi connectivity index (χ0v) is 25.2. The molecular weight excluding hydrogens is 560 g/mol. The van der Waals surface area contributed by atoms with Gasteiger partial charge in [-0.25, -0.2) is 14.8 Å². The van der Waals surface area contributed by atoms with Gasteiger partial charge in [0.05, 0.1) is 32.3 Å². The molecule has 0 spiro atoms. The maximum atomic E-state index is 10.3. The highest BCUT2D eigenvalue weighted by atomic mass is 16.5. The molecule has 0 unspecified atom stereocenters. The molecule has 43 heavy (non-hydrogen) atoms. The number of aliphatic hydroxyl groups is 1. The summed E-state index contributed by atoms with van der Waals surface area (Å²) in [6.45, 7) is 12.0. The second-order valence-corrected chi connectivity index (χ2v) is 11.0. The number of methoxy groups -OCH3 is 1. The number of aromatic nitrogens is 2. The number of rotatable bonds is 12. The number of hydrogen-bond donors (Lipinski definition) is 4. The Kier molecular flexibility index (Phi) is 11.7. The first-order valence-electron chi connectivity index (χ1n) is 14.4. The Morgan fingerprint density at radius 1 is 1.00 bits per heavy atom. The molecule has 0 saturated carbocycles. The fourth-order valence-corrected chi connectivity index (χ4v) is 5.13. The van der Waals surface area contributed by atoms with Gasteiger partial charge in [0.25, 0.3) is 0 Å². The first-order chi connectivity index (χ1) is 20.4. The summed E-state index contributed by atoms with van der Waals surface area (Å²) in [6.07, 6.45) is 1.25. The van der Waals surface area contributed by atoms with E-state index >= 15 is 0 Å². The number of benzene rings is 1. The fourth-order valence-electron chi connectivity index (χ4n) is 5.13. The normalized spacial score (nSPS) is 15.0. The second-order valence-electron chi connectivity index (χ2n) is 11.0. The van der Waals surface area contributed by atoms with Crippen molar-refractivity contribution < 1.29 is 44.3 Å². The molecule has 1 fully saturated rings. The Bertz CT molecular complexity index is 1280. The lowest BCUT2D eigenvalue weighted by atomic mass is 9.96. The molecule has 3 heterocycles. The summed E-state index contributed by atoms with van der Waals surface area (Å²) in [4.78, 5) is 45.4. The molecule has 0 atom stereocenters. The number of hydrogen-bond acceptors (Lipinski definition) is 10. The van der Waals surface area contributed by atoms with E-state index in [1.165, 1.54) is 35.5 Å². The average Bonchev–Trinajstić information content (AvgIpc) is 3.47. The SMILES string of the molecule is CCOc1cc(CN2CCc3c(nc(C(C)C)nc3N3CCCC3)C2)ccc1OC.O=C(O)CC(O)(CC(=O)O)C(=O)O. The molecule has 4 N–H and O–H groups in total. The number of nitrogens with zero attached hydrogens (tertiary/aromatic N) is 4. The van der Waals surface area contributed by atoms with Crippen molar-refractivity contribution in [3.8, 4) is 11.5 Å². The Labute approximate surface area is 251 Å². The van der Waals surface area contributed by atoms with Crippen LogP contribution in [0.4, 0.5) is 5.82 Å². The summed E-state index contributed by atoms with van der Waals surface area (Å²) >= 11 is 0. The van der Waals surface area contributed by atoms with E-state index in [2.05, 4.69) is 35.8 Å². The number of fused-ring (bicyclic) bond motifs is 1. The largest absolute Gasteiger partial charge is 0.493 e. The number of ether oxygens (including phenoxy) is 2. The van der Waals surface area contributed by atoms with Crippen molar-refractivity contribution in [2.24, 2.45) is 0 Å². The number of carboxylic acid groups (broad SMARTS) is 3. The molecule has 13 nitrogen and oxygen atoms in total. The maximum Gasteiger partial charge on any atom is 0.336 e. The van der Waals surface area contributed by atoms with Crippen molar-refractivity contribution in [2.45, 2.75) is 77.5 Å². The Balaban J connectivity index is 0.000000331. The number of anilines is 1. The second kappa shape index (κ2) is 15.0. The van der Waals surface area contributed by atoms with E-state index < -0.39 is 36.4 Å². The number of aliphatic carboxylic acids is 3. The summed E-state index contributed by atoms with van der Waals surface area (Å²) in [5.41, 5.74) is 1.07. The minimum Gasteiger partial charge on any atom is -0.493 e. The number of carbonyl (C=O) groups is 3. The van der Waals surface area contributed by atoms with Gasteiger partial charge in [0.15, 0.2) is 17.1 Å². The fraction of sp³-hybridized carbons (Fsp3) is 0.567. The van der Waals surface area contributed by atoms with Gasteiger partial charge in [-0.05, 0) is 43.9 Å². The predicted octanol–water partition coefficient (Wildman–Crippen LogP) is 2.92. The van der Waals surface area contributed by atoms with Crippen LogP contribution in [-0.4, -0.2) is 92.2 Å². The quantitative estimate of drug-likeness (QED) is 0.278. The van der Waals surface area contributed by atoms with Crippen LogP contribution in [0.2, 0.25) is 0 Å². The molecule has 0 radical (unpaired) electrons. The average molecular weight is 603 g/mol. The summed E-state index contributed by atoms with van der Waals surface area (Å²) < 4.78 is 11.2. The van der Waals surface area contributed by atoms with Crippen molar-refractivity contribution in [1.29, 1.82) is 0 Å². The van der Waals surface area contributed by atoms with E-state index in [0.29, 0.717) is 12.5 Å². The molecule has 0 amide bonds. The lowest BCUT2D eigenvalue weighted by molar-refractivity contribution is -0.170. The highest BCUT2D eigenvalue weighted by Gasteiger charge is 2.40. The van der Waals surface area contributed by atoms with Crippen LogP contribution in [0.25, 0.3) is 0 Å². The summed E-state index contributed by atoms with van der Waals surface area (Å²) in [5.74, 6) is -0.911. The molecule has 0 aliphatic carbocycles. The topological polar surface area (TPSA) is 183 Å². The van der Waals surface area contributed by atoms with Gasteiger partial charge >= 0.3 is 17.9 Å². The molecule has 2 aromatic rings. The van der Waals surface area contributed by atoms with Crippen molar-refractivity contribution in [3.63, 3.8) is 0 Å². The molecule has 236 valence electrons. The molecule has 4 rings (SSSR count). The molecular formula is C30H42N4O9. The minimum absolute atomic E-state index is 0.336. The lowest BCUT2D eigenvalue weighted by Crippen LogP contribution is -2.42. The van der Waals surface area contributed by atoms with E-state index in [0.717, 1.165) is 56.5 Å². The standard InChI is InChI=1S/C24H34N4O2.C6H8O7/c1-5-30-22-14-18(8-9-21(22)29-4)15-27-13-10-19-20(16-27)25-23(17(2)3)26-24(19)28-11-6-7-12-28;7-3(8)1-6(13,5(11)12)2-4(9)10/h8-9,14,17H,5-7,10-13,15-16H2,1-4H3;13H,1-2H2,(H,7,8)(H,9,10)(H,11,12). The van der Waals surface area contributed by atoms with Crippen LogP contribution in [0, 0.1) is 0 Å². The highest BCUT2D eigenvalue weighted by Crippen LogP contribution is 2.32. The summed E-state index contributed by atoms with van der Waals surface area (Å²) in [6, 6.07) is 6.24. The summed E-state index contributed by atoms with van der Waals surface area (Å²) in [7, 11) is 1.68. The van der Waals surface area contributed by atoms with Crippen molar-refractivity contribution in [3.05, 3.63) is 40.8 Å². The molecule has 1 aromatic heterocycles. The van der Waals surface area contributed by atoms with Crippen LogP contribution in [0.5, 0.6) is 11.5 Å². The third kappa shape index (κ3) is 9.01. The number of carboxylic acids is 3. The summed E-state index contributed by atoms with van der Waals surface area (Å²) in [5, 5.41) is 33.8. The van der Waals surface area contributed by atoms with Crippen LogP contribution < -0.4 is 14.4 Å². The minimum atomic E-state index is -2.74. The smallest absolute Gasteiger partial charge is 0.336 e. The van der Waals surface area contributed by atoms with Gasteiger partial charge in [0.1, 0.15) is 11.6 Å². The molecule has 1 saturated heterocycles. The maximum absolute atomic E-state index is 10.3. The molecule has 2 aliphatic heterocycles. The van der Waals surface area contributed by atoms with Crippen LogP contribution in [0.1, 0.15) is 75.0 Å². The predicted molar refractivity (Wildman–Crippen MR) is 157 cm³/mol. The molecule has 13 heteroatoms. The first-order valence-corrected chi connectivity index (χ1v) is 14.4. The van der Waals surface area contributed by atoms with Crippen molar-refractivity contribution >= 4 is 23.7 Å². The van der Waals surface area contributed by atoms with Crippen molar-refractivity contribution in [2.75, 3.05) is 38.3 Å². The van der Waals surface area contributed by atoms with Crippen molar-refractivity contribution in [1.82, 2.24) is 14.9 Å². The Hall–Kier alpha value is -3.97. The van der Waals surface area contributed by atoms with E-state index in [9.17, 15) is 14.4 Å². The van der Waals surface area contributed by atoms with E-state index in [-0.39, 0.29) is 0 Å². The third-order valence-corrected chi connectivity index (χ3v) is 7.28. The third-order valence-electron chi connectivity index (χ3n) is 7.28.